The average Bonchev–Trinajstić information content (AvgIpc) is 2.06. The maximum atomic E-state index is 12.0. The van der Waals surface area contributed by atoms with Crippen LogP contribution in [0.2, 0.25) is 0 Å². The van der Waals surface area contributed by atoms with Crippen LogP contribution in [0.5, 0.6) is 0 Å². The molecule has 0 spiro atoms. The van der Waals surface area contributed by atoms with E-state index in [9.17, 15) is 17.4 Å². The maximum absolute atomic E-state index is 12.0. The van der Waals surface area contributed by atoms with Gasteiger partial charge in [-0.05, 0) is 18.6 Å². The van der Waals surface area contributed by atoms with Gasteiger partial charge >= 0.3 is 6.18 Å². The molecule has 6 heteroatoms. The van der Waals surface area contributed by atoms with Crippen molar-refractivity contribution >= 4 is 16.5 Å². The monoisotopic (exact) mass is 237 g/mol. The van der Waals surface area contributed by atoms with Gasteiger partial charge in [-0.1, -0.05) is 12.1 Å². The molecule has 0 aliphatic carbocycles. The molecule has 0 aliphatic heterocycles. The molecular weight excluding hydrogens is 227 g/mol. The van der Waals surface area contributed by atoms with Crippen LogP contribution in [0.1, 0.15) is 5.56 Å². The summed E-state index contributed by atoms with van der Waals surface area (Å²) in [4.78, 5) is 0.0484. The summed E-state index contributed by atoms with van der Waals surface area (Å²) in [7, 11) is -2.12. The minimum atomic E-state index is -4.44. The van der Waals surface area contributed by atoms with Gasteiger partial charge in [0.15, 0.2) is 0 Å². The summed E-state index contributed by atoms with van der Waals surface area (Å²) in [5, 5.41) is 0. The first kappa shape index (κ1) is 12.0. The fraction of sp³-hybridized carbons (Fsp3) is 0.333. The van der Waals surface area contributed by atoms with E-state index in [1.165, 1.54) is 12.1 Å². The smallest absolute Gasteiger partial charge is 0.398 e. The van der Waals surface area contributed by atoms with Gasteiger partial charge in [0.1, 0.15) is 5.75 Å². The number of benzene rings is 1. The molecule has 0 fully saturated rings. The maximum Gasteiger partial charge on any atom is 0.400 e. The third kappa shape index (κ3) is 3.23. The molecule has 0 radical (unpaired) electrons. The summed E-state index contributed by atoms with van der Waals surface area (Å²) in [6, 6.07) is 4.54. The zero-order valence-corrected chi connectivity index (χ0v) is 8.78. The second kappa shape index (κ2) is 4.22. The Kier molecular flexibility index (Phi) is 3.38. The van der Waals surface area contributed by atoms with Crippen LogP contribution in [-0.2, 0) is 10.8 Å². The molecule has 0 aromatic heterocycles. The molecule has 1 aromatic rings. The molecule has 0 saturated carbocycles. The van der Waals surface area contributed by atoms with Crippen molar-refractivity contribution in [3.63, 3.8) is 0 Å². The molecule has 0 heterocycles. The molecular formula is C9H10F3NOS. The largest absolute Gasteiger partial charge is 0.400 e. The molecule has 2 N–H and O–H groups in total. The average molecular weight is 237 g/mol. The fourth-order valence-electron chi connectivity index (χ4n) is 1.08. The Morgan fingerprint density at radius 2 is 2.00 bits per heavy atom. The highest BCUT2D eigenvalue weighted by Gasteiger charge is 2.31. The predicted molar refractivity (Wildman–Crippen MR) is 52.9 cm³/mol. The van der Waals surface area contributed by atoms with E-state index in [0.717, 1.165) is 0 Å². The second-order valence-electron chi connectivity index (χ2n) is 3.09. The quantitative estimate of drug-likeness (QED) is 0.802. The predicted octanol–water partition coefficient (Wildman–Crippen LogP) is 2.25. The number of rotatable bonds is 2. The standard InChI is InChI=1S/C9H10F3NOS/c1-6-3-2-4-7(8(6)13)15(14)5-9(10,11)12/h2-4H,5,13H2,1H3. The van der Waals surface area contributed by atoms with Crippen LogP contribution in [0.25, 0.3) is 0 Å². The van der Waals surface area contributed by atoms with E-state index in [-0.39, 0.29) is 10.6 Å². The van der Waals surface area contributed by atoms with Gasteiger partial charge in [-0.25, -0.2) is 0 Å². The molecule has 1 rings (SSSR count). The third-order valence-electron chi connectivity index (χ3n) is 1.82. The first-order chi connectivity index (χ1) is 6.81. The summed E-state index contributed by atoms with van der Waals surface area (Å²) in [6.45, 7) is 1.66. The second-order valence-corrected chi connectivity index (χ2v) is 4.51. The lowest BCUT2D eigenvalue weighted by Gasteiger charge is -2.09. The van der Waals surface area contributed by atoms with Crippen LogP contribution in [-0.4, -0.2) is 16.1 Å². The van der Waals surface area contributed by atoms with Crippen LogP contribution < -0.4 is 5.73 Å². The zero-order chi connectivity index (χ0) is 11.6. The first-order valence-electron chi connectivity index (χ1n) is 4.11. The number of hydrogen-bond acceptors (Lipinski definition) is 2. The van der Waals surface area contributed by atoms with E-state index < -0.39 is 22.7 Å². The minimum Gasteiger partial charge on any atom is -0.398 e. The summed E-state index contributed by atoms with van der Waals surface area (Å²) >= 11 is 0. The Bertz CT molecular complexity index is 389. The molecule has 2 nitrogen and oxygen atoms in total. The Balaban J connectivity index is 2.97. The number of aryl methyl sites for hydroxylation is 1. The molecule has 0 saturated heterocycles. The SMILES string of the molecule is Cc1cccc(S(=O)CC(F)(F)F)c1N. The van der Waals surface area contributed by atoms with Gasteiger partial charge in [-0.2, -0.15) is 13.2 Å². The van der Waals surface area contributed by atoms with Crippen molar-refractivity contribution in [2.45, 2.75) is 18.0 Å². The van der Waals surface area contributed by atoms with Gasteiger partial charge < -0.3 is 5.73 Å². The van der Waals surface area contributed by atoms with Crippen molar-refractivity contribution in [2.24, 2.45) is 0 Å². The van der Waals surface area contributed by atoms with Crippen molar-refractivity contribution < 1.29 is 17.4 Å². The van der Waals surface area contributed by atoms with Crippen molar-refractivity contribution in [1.29, 1.82) is 0 Å². The molecule has 1 aromatic carbocycles. The Hall–Kier alpha value is -1.04. The molecule has 0 aliphatic rings. The highest BCUT2D eigenvalue weighted by Crippen LogP contribution is 2.24. The van der Waals surface area contributed by atoms with E-state index in [1.54, 1.807) is 13.0 Å². The third-order valence-corrected chi connectivity index (χ3v) is 3.26. The van der Waals surface area contributed by atoms with Gasteiger partial charge in [0.2, 0.25) is 0 Å². The highest BCUT2D eigenvalue weighted by atomic mass is 32.2. The van der Waals surface area contributed by atoms with Crippen LogP contribution >= 0.6 is 0 Å². The number of anilines is 1. The summed E-state index contributed by atoms with van der Waals surface area (Å²) in [6.07, 6.45) is -4.44. The van der Waals surface area contributed by atoms with Gasteiger partial charge in [-0.3, -0.25) is 4.21 Å². The lowest BCUT2D eigenvalue weighted by molar-refractivity contribution is -0.105. The summed E-state index contributed by atoms with van der Waals surface area (Å²) in [5.74, 6) is -1.36. The highest BCUT2D eigenvalue weighted by molar-refractivity contribution is 7.85. The number of alkyl halides is 3. The van der Waals surface area contributed by atoms with Crippen LogP contribution in [0.4, 0.5) is 18.9 Å². The van der Waals surface area contributed by atoms with Gasteiger partial charge in [0.25, 0.3) is 0 Å². The van der Waals surface area contributed by atoms with E-state index in [4.69, 9.17) is 5.73 Å². The first-order valence-corrected chi connectivity index (χ1v) is 5.43. The molecule has 15 heavy (non-hydrogen) atoms. The number of nitrogen functional groups attached to an aromatic ring is 1. The number of halogens is 3. The fourth-order valence-corrected chi connectivity index (χ4v) is 2.17. The molecule has 1 atom stereocenters. The van der Waals surface area contributed by atoms with Crippen molar-refractivity contribution in [3.8, 4) is 0 Å². The van der Waals surface area contributed by atoms with E-state index >= 15 is 0 Å². The number of nitrogens with two attached hydrogens (primary N) is 1. The van der Waals surface area contributed by atoms with Gasteiger partial charge in [-0.15, -0.1) is 0 Å². The van der Waals surface area contributed by atoms with E-state index in [1.807, 2.05) is 0 Å². The summed E-state index contributed by atoms with van der Waals surface area (Å²) in [5.41, 5.74) is 6.34. The van der Waals surface area contributed by atoms with Crippen molar-refractivity contribution in [3.05, 3.63) is 23.8 Å². The van der Waals surface area contributed by atoms with Crippen molar-refractivity contribution in [1.82, 2.24) is 0 Å². The minimum absolute atomic E-state index is 0.0484. The Morgan fingerprint density at radius 3 is 2.53 bits per heavy atom. The Morgan fingerprint density at radius 1 is 1.40 bits per heavy atom. The van der Waals surface area contributed by atoms with Crippen LogP contribution in [0, 0.1) is 6.92 Å². The molecule has 0 bridgehead atoms. The van der Waals surface area contributed by atoms with Gasteiger partial charge in [0.05, 0.1) is 21.4 Å². The number of hydrogen-bond donors (Lipinski definition) is 1. The van der Waals surface area contributed by atoms with Gasteiger partial charge in [0, 0.05) is 0 Å². The normalized spacial score (nSPS) is 13.9. The van der Waals surface area contributed by atoms with E-state index in [2.05, 4.69) is 0 Å². The molecule has 1 unspecified atom stereocenters. The summed E-state index contributed by atoms with van der Waals surface area (Å²) < 4.78 is 47.3. The van der Waals surface area contributed by atoms with Crippen LogP contribution in [0.15, 0.2) is 23.1 Å². The van der Waals surface area contributed by atoms with Crippen molar-refractivity contribution in [2.75, 3.05) is 11.5 Å². The lowest BCUT2D eigenvalue weighted by Crippen LogP contribution is -2.19. The lowest BCUT2D eigenvalue weighted by atomic mass is 10.2. The topological polar surface area (TPSA) is 43.1 Å². The number of para-hydroxylation sites is 1. The van der Waals surface area contributed by atoms with E-state index in [0.29, 0.717) is 5.56 Å². The Labute approximate surface area is 87.7 Å². The molecule has 0 amide bonds. The van der Waals surface area contributed by atoms with Crippen LogP contribution in [0.3, 0.4) is 0 Å². The zero-order valence-electron chi connectivity index (χ0n) is 7.97. The molecule has 84 valence electrons.